The normalized spacial score (nSPS) is 32.8. The van der Waals surface area contributed by atoms with Crippen LogP contribution in [0.1, 0.15) is 20.3 Å². The van der Waals surface area contributed by atoms with Crippen LogP contribution < -0.4 is 0 Å². The zero-order valence-corrected chi connectivity index (χ0v) is 17.8. The lowest BCUT2D eigenvalue weighted by atomic mass is 9.57. The Morgan fingerprint density at radius 1 is 1.06 bits per heavy atom. The highest BCUT2D eigenvalue weighted by Crippen LogP contribution is 2.69. The van der Waals surface area contributed by atoms with Gasteiger partial charge in [-0.1, -0.05) is 13.8 Å². The molecule has 3 aliphatic rings. The van der Waals surface area contributed by atoms with Crippen molar-refractivity contribution in [3.63, 3.8) is 0 Å². The lowest BCUT2D eigenvalue weighted by Gasteiger charge is -2.43. The quantitative estimate of drug-likeness (QED) is 0.227. The molecular formula is C21H26O10. The van der Waals surface area contributed by atoms with E-state index in [2.05, 4.69) is 4.74 Å². The highest BCUT2D eigenvalue weighted by Gasteiger charge is 2.78. The third-order valence-corrected chi connectivity index (χ3v) is 6.70. The van der Waals surface area contributed by atoms with Crippen molar-refractivity contribution in [1.29, 1.82) is 0 Å². The van der Waals surface area contributed by atoms with Crippen molar-refractivity contribution in [3.05, 3.63) is 12.2 Å². The summed E-state index contributed by atoms with van der Waals surface area (Å²) >= 11 is 0. The Morgan fingerprint density at radius 3 is 2.32 bits per heavy atom. The van der Waals surface area contributed by atoms with Gasteiger partial charge < -0.3 is 23.7 Å². The summed E-state index contributed by atoms with van der Waals surface area (Å²) in [6, 6.07) is 0. The van der Waals surface area contributed by atoms with Crippen molar-refractivity contribution in [3.8, 4) is 0 Å². The summed E-state index contributed by atoms with van der Waals surface area (Å²) in [6.07, 6.45) is 1.74. The van der Waals surface area contributed by atoms with E-state index in [1.54, 1.807) is 0 Å². The summed E-state index contributed by atoms with van der Waals surface area (Å²) in [6.45, 7) is 3.15. The van der Waals surface area contributed by atoms with Crippen LogP contribution in [0.4, 0.5) is 0 Å². The number of esters is 5. The first-order chi connectivity index (χ1) is 14.7. The molecule has 31 heavy (non-hydrogen) atoms. The first-order valence-electron chi connectivity index (χ1n) is 10.1. The van der Waals surface area contributed by atoms with Gasteiger partial charge in [0.1, 0.15) is 19.3 Å². The van der Waals surface area contributed by atoms with E-state index in [0.29, 0.717) is 6.42 Å². The van der Waals surface area contributed by atoms with Gasteiger partial charge >= 0.3 is 29.8 Å². The minimum absolute atomic E-state index is 0.238. The molecule has 0 radical (unpaired) electrons. The largest absolute Gasteiger partial charge is 0.469 e. The summed E-state index contributed by atoms with van der Waals surface area (Å²) in [7, 11) is 2.44. The fourth-order valence-corrected chi connectivity index (χ4v) is 5.60. The molecule has 2 saturated carbocycles. The van der Waals surface area contributed by atoms with Crippen molar-refractivity contribution in [2.45, 2.75) is 26.4 Å². The minimum atomic E-state index is -1.22. The molecule has 0 amide bonds. The zero-order chi connectivity index (χ0) is 22.9. The molecule has 0 aromatic heterocycles. The van der Waals surface area contributed by atoms with E-state index in [-0.39, 0.29) is 25.0 Å². The minimum Gasteiger partial charge on any atom is -0.469 e. The number of hydrogen-bond donors (Lipinski definition) is 0. The second-order valence-corrected chi connectivity index (χ2v) is 8.18. The van der Waals surface area contributed by atoms with E-state index in [4.69, 9.17) is 18.9 Å². The number of hydrogen-bond acceptors (Lipinski definition) is 10. The van der Waals surface area contributed by atoms with Crippen molar-refractivity contribution in [2.75, 3.05) is 27.4 Å². The van der Waals surface area contributed by atoms with Gasteiger partial charge in [0.25, 0.3) is 0 Å². The van der Waals surface area contributed by atoms with Crippen LogP contribution >= 0.6 is 0 Å². The Morgan fingerprint density at radius 2 is 1.71 bits per heavy atom. The third kappa shape index (κ3) is 3.57. The van der Waals surface area contributed by atoms with Gasteiger partial charge in [0.2, 0.25) is 0 Å². The summed E-state index contributed by atoms with van der Waals surface area (Å²) in [5, 5.41) is 0. The predicted octanol–water partition coefficient (Wildman–Crippen LogP) is 0.425. The van der Waals surface area contributed by atoms with Crippen LogP contribution in [0.25, 0.3) is 0 Å². The molecule has 3 fully saturated rings. The molecule has 2 bridgehead atoms. The van der Waals surface area contributed by atoms with Crippen molar-refractivity contribution in [2.24, 2.45) is 35.0 Å². The molecule has 1 aliphatic heterocycles. The molecule has 6 atom stereocenters. The van der Waals surface area contributed by atoms with Gasteiger partial charge in [0, 0.05) is 18.1 Å². The topological polar surface area (TPSA) is 132 Å². The van der Waals surface area contributed by atoms with Crippen LogP contribution in [0.2, 0.25) is 0 Å². The Labute approximate surface area is 179 Å². The standard InChI is InChI=1S/C21H26O10/c1-10(2)21(20(26)30-8-7-29-14(23)6-5-13(22)27-3)12-9-11-16(21)19(25)31-17(11)15(12)18(24)28-4/h5-6,10-12,15-17H,7-9H2,1-4H3/b6-5+. The molecule has 2 aliphatic carbocycles. The van der Waals surface area contributed by atoms with Crippen LogP contribution in [-0.4, -0.2) is 63.4 Å². The number of methoxy groups -OCH3 is 2. The van der Waals surface area contributed by atoms with Gasteiger partial charge in [-0.2, -0.15) is 0 Å². The summed E-state index contributed by atoms with van der Waals surface area (Å²) in [4.78, 5) is 60.9. The van der Waals surface area contributed by atoms with Crippen LogP contribution in [0.3, 0.4) is 0 Å². The third-order valence-electron chi connectivity index (χ3n) is 6.70. The molecule has 1 saturated heterocycles. The maximum absolute atomic E-state index is 13.3. The Bertz CT molecular complexity index is 815. The molecule has 0 N–H and O–H groups in total. The molecule has 10 heteroatoms. The predicted molar refractivity (Wildman–Crippen MR) is 101 cm³/mol. The highest BCUT2D eigenvalue weighted by molar-refractivity contribution is 5.92. The lowest BCUT2D eigenvalue weighted by molar-refractivity contribution is -0.176. The molecule has 0 spiro atoms. The molecule has 1 heterocycles. The van der Waals surface area contributed by atoms with Crippen LogP contribution in [0, 0.1) is 35.0 Å². The average molecular weight is 438 g/mol. The Balaban J connectivity index is 1.70. The smallest absolute Gasteiger partial charge is 0.331 e. The van der Waals surface area contributed by atoms with E-state index in [1.165, 1.54) is 14.2 Å². The number of carbonyl (C=O) groups is 5. The summed E-state index contributed by atoms with van der Waals surface area (Å²) < 4.78 is 25.1. The number of ether oxygens (including phenoxy) is 5. The van der Waals surface area contributed by atoms with Gasteiger partial charge in [-0.05, 0) is 18.3 Å². The monoisotopic (exact) mass is 438 g/mol. The van der Waals surface area contributed by atoms with Gasteiger partial charge in [0.15, 0.2) is 0 Å². The van der Waals surface area contributed by atoms with Crippen LogP contribution in [-0.2, 0) is 47.7 Å². The lowest BCUT2D eigenvalue weighted by Crippen LogP contribution is -2.54. The van der Waals surface area contributed by atoms with Crippen LogP contribution in [0.5, 0.6) is 0 Å². The van der Waals surface area contributed by atoms with Gasteiger partial charge in [-0.15, -0.1) is 0 Å². The van der Waals surface area contributed by atoms with E-state index in [0.717, 1.165) is 12.2 Å². The van der Waals surface area contributed by atoms with Gasteiger partial charge in [-0.3, -0.25) is 14.4 Å². The van der Waals surface area contributed by atoms with E-state index >= 15 is 0 Å². The second-order valence-electron chi connectivity index (χ2n) is 8.18. The molecule has 0 aromatic carbocycles. The van der Waals surface area contributed by atoms with Crippen molar-refractivity contribution >= 4 is 29.8 Å². The molecule has 170 valence electrons. The Hall–Kier alpha value is -2.91. The van der Waals surface area contributed by atoms with Crippen LogP contribution in [0.15, 0.2) is 12.2 Å². The van der Waals surface area contributed by atoms with E-state index in [1.807, 2.05) is 13.8 Å². The fraction of sp³-hybridized carbons (Fsp3) is 0.667. The first-order valence-corrected chi connectivity index (χ1v) is 10.1. The number of fused-ring (bicyclic) bond motifs is 1. The first kappa shape index (κ1) is 22.8. The molecule has 0 aromatic rings. The Kier molecular flexibility index (Phi) is 6.38. The zero-order valence-electron chi connectivity index (χ0n) is 17.8. The SMILES string of the molecule is COC(=O)/C=C/C(=O)OCCOC(=O)C1(C(C)C)C2CC3C(OC(=O)C31)C2C(=O)OC. The van der Waals surface area contributed by atoms with E-state index < -0.39 is 59.1 Å². The maximum Gasteiger partial charge on any atom is 0.331 e. The molecule has 10 nitrogen and oxygen atoms in total. The van der Waals surface area contributed by atoms with Crippen molar-refractivity contribution in [1.82, 2.24) is 0 Å². The average Bonchev–Trinajstić information content (AvgIpc) is 3.35. The maximum atomic E-state index is 13.3. The molecular weight excluding hydrogens is 412 g/mol. The van der Waals surface area contributed by atoms with Crippen molar-refractivity contribution < 1.29 is 47.7 Å². The van der Waals surface area contributed by atoms with E-state index in [9.17, 15) is 24.0 Å². The number of rotatable bonds is 8. The molecule has 3 rings (SSSR count). The fourth-order valence-electron chi connectivity index (χ4n) is 5.60. The van der Waals surface area contributed by atoms with Gasteiger partial charge in [-0.25, -0.2) is 9.59 Å². The van der Waals surface area contributed by atoms with Gasteiger partial charge in [0.05, 0.1) is 31.5 Å². The highest BCUT2D eigenvalue weighted by atomic mass is 16.6. The summed E-state index contributed by atoms with van der Waals surface area (Å²) in [5.41, 5.74) is -1.22. The molecule has 6 unspecified atom stereocenters. The summed E-state index contributed by atoms with van der Waals surface area (Å²) in [5.74, 6) is -5.49. The second kappa shape index (κ2) is 8.68. The number of carbonyl (C=O) groups excluding carboxylic acids is 5.